The molecule has 4 rings (SSSR count). The number of halogens is 4. The zero-order valence-electron chi connectivity index (χ0n) is 17.2. The molecule has 3 aromatic rings. The maximum absolute atomic E-state index is 14.6. The number of pyridine rings is 1. The molecule has 6 nitrogen and oxygen atoms in total. The normalized spacial score (nSPS) is 15.8. The Balaban J connectivity index is 1.68. The Bertz CT molecular complexity index is 1110. The Kier molecular flexibility index (Phi) is 5.42. The van der Waals surface area contributed by atoms with Gasteiger partial charge in [-0.2, -0.15) is 13.2 Å². The molecule has 1 N–H and O–H groups in total. The summed E-state index contributed by atoms with van der Waals surface area (Å²) in [4.78, 5) is 15.2. The van der Waals surface area contributed by atoms with Crippen molar-refractivity contribution in [2.45, 2.75) is 32.2 Å². The quantitative estimate of drug-likeness (QED) is 0.596. The molecular formula is C21H21F4N5O. The van der Waals surface area contributed by atoms with Crippen LogP contribution < -0.4 is 10.2 Å². The summed E-state index contributed by atoms with van der Waals surface area (Å²) in [6, 6.07) is 4.34. The maximum atomic E-state index is 14.6. The first-order chi connectivity index (χ1) is 14.7. The van der Waals surface area contributed by atoms with E-state index in [1.165, 1.54) is 12.1 Å². The first-order valence-corrected chi connectivity index (χ1v) is 9.71. The molecule has 0 bridgehead atoms. The van der Waals surface area contributed by atoms with Gasteiger partial charge in [0.05, 0.1) is 35.0 Å². The number of ether oxygens (including phenoxy) is 1. The van der Waals surface area contributed by atoms with E-state index in [1.54, 1.807) is 27.2 Å². The van der Waals surface area contributed by atoms with Gasteiger partial charge < -0.3 is 15.0 Å². The van der Waals surface area contributed by atoms with Crippen molar-refractivity contribution in [3.8, 4) is 0 Å². The van der Waals surface area contributed by atoms with Crippen LogP contribution in [-0.2, 0) is 10.9 Å². The monoisotopic (exact) mass is 435 g/mol. The molecule has 1 aliphatic heterocycles. The fourth-order valence-electron chi connectivity index (χ4n) is 3.58. The number of benzene rings is 1. The second-order valence-corrected chi connectivity index (χ2v) is 7.52. The minimum Gasteiger partial charge on any atom is -0.378 e. The number of nitrogens with zero attached hydrogens (tertiary/aromatic N) is 4. The first-order valence-electron chi connectivity index (χ1n) is 9.71. The van der Waals surface area contributed by atoms with Crippen LogP contribution in [0.3, 0.4) is 0 Å². The van der Waals surface area contributed by atoms with Crippen molar-refractivity contribution in [2.75, 3.05) is 30.4 Å². The molecule has 0 amide bonds. The van der Waals surface area contributed by atoms with Gasteiger partial charge in [-0.05, 0) is 26.0 Å². The molecule has 164 valence electrons. The van der Waals surface area contributed by atoms with Crippen LogP contribution in [0.15, 0.2) is 30.5 Å². The molecule has 0 unspecified atom stereocenters. The van der Waals surface area contributed by atoms with E-state index in [9.17, 15) is 17.6 Å². The van der Waals surface area contributed by atoms with Crippen LogP contribution in [0, 0.1) is 12.7 Å². The van der Waals surface area contributed by atoms with E-state index in [0.717, 1.165) is 24.8 Å². The lowest BCUT2D eigenvalue weighted by molar-refractivity contribution is -0.140. The Hall–Kier alpha value is -3.01. The third-order valence-electron chi connectivity index (χ3n) is 5.35. The second-order valence-electron chi connectivity index (χ2n) is 7.52. The molecule has 1 fully saturated rings. The Morgan fingerprint density at radius 1 is 1.23 bits per heavy atom. The second kappa shape index (κ2) is 7.92. The largest absolute Gasteiger partial charge is 0.419 e. The number of aromatic nitrogens is 3. The Morgan fingerprint density at radius 2 is 1.97 bits per heavy atom. The van der Waals surface area contributed by atoms with Gasteiger partial charge in [-0.15, -0.1) is 0 Å². The zero-order valence-corrected chi connectivity index (χ0v) is 17.2. The van der Waals surface area contributed by atoms with E-state index in [2.05, 4.69) is 25.2 Å². The lowest BCUT2D eigenvalue weighted by Crippen LogP contribution is -2.51. The maximum Gasteiger partial charge on any atom is 0.419 e. The summed E-state index contributed by atoms with van der Waals surface area (Å²) < 4.78 is 59.2. The van der Waals surface area contributed by atoms with Crippen molar-refractivity contribution in [1.82, 2.24) is 15.0 Å². The highest BCUT2D eigenvalue weighted by Crippen LogP contribution is 2.35. The summed E-state index contributed by atoms with van der Waals surface area (Å²) in [6.07, 6.45) is -2.90. The minimum absolute atomic E-state index is 0.103. The molecule has 1 atom stereocenters. The Labute approximate surface area is 176 Å². The summed E-state index contributed by atoms with van der Waals surface area (Å²) in [5.74, 6) is -0.476. The smallest absolute Gasteiger partial charge is 0.378 e. The molecule has 0 aliphatic carbocycles. The molecular weight excluding hydrogens is 414 g/mol. The predicted octanol–water partition coefficient (Wildman–Crippen LogP) is 4.50. The molecule has 0 spiro atoms. The van der Waals surface area contributed by atoms with Crippen LogP contribution in [0.25, 0.3) is 11.0 Å². The zero-order chi connectivity index (χ0) is 22.3. The summed E-state index contributed by atoms with van der Waals surface area (Å²) in [5.41, 5.74) is -0.0978. The number of methoxy groups -OCH3 is 1. The van der Waals surface area contributed by atoms with Crippen LogP contribution in [0.4, 0.5) is 29.1 Å². The number of alkyl halides is 3. The van der Waals surface area contributed by atoms with Crippen LogP contribution in [0.1, 0.15) is 29.9 Å². The number of nitrogens with one attached hydrogen (secondary N) is 1. The Morgan fingerprint density at radius 3 is 2.65 bits per heavy atom. The van der Waals surface area contributed by atoms with Crippen molar-refractivity contribution >= 4 is 22.5 Å². The van der Waals surface area contributed by atoms with E-state index in [4.69, 9.17) is 4.74 Å². The number of rotatable bonds is 5. The number of aryl methyl sites for hydroxylation is 1. The molecule has 1 aromatic carbocycles. The average Bonchev–Trinajstić information content (AvgIpc) is 2.66. The van der Waals surface area contributed by atoms with Gasteiger partial charge in [0.15, 0.2) is 5.65 Å². The molecule has 10 heteroatoms. The van der Waals surface area contributed by atoms with Gasteiger partial charge in [0.1, 0.15) is 17.5 Å². The molecule has 1 saturated heterocycles. The average molecular weight is 435 g/mol. The topological polar surface area (TPSA) is 63.2 Å². The highest BCUT2D eigenvalue weighted by molar-refractivity contribution is 5.89. The minimum atomic E-state index is -4.77. The van der Waals surface area contributed by atoms with Crippen LogP contribution in [0.5, 0.6) is 0 Å². The van der Waals surface area contributed by atoms with Gasteiger partial charge in [0, 0.05) is 25.8 Å². The van der Waals surface area contributed by atoms with Crippen molar-refractivity contribution < 1.29 is 22.3 Å². The summed E-state index contributed by atoms with van der Waals surface area (Å²) in [7, 11) is 1.66. The molecule has 1 aliphatic rings. The highest BCUT2D eigenvalue weighted by atomic mass is 19.4. The van der Waals surface area contributed by atoms with Crippen LogP contribution in [-0.4, -0.2) is 41.3 Å². The third kappa shape index (κ3) is 4.12. The lowest BCUT2D eigenvalue weighted by Gasteiger charge is -2.39. The van der Waals surface area contributed by atoms with Crippen molar-refractivity contribution in [3.05, 3.63) is 53.2 Å². The third-order valence-corrected chi connectivity index (χ3v) is 5.35. The molecule has 0 radical (unpaired) electrons. The van der Waals surface area contributed by atoms with E-state index in [0.29, 0.717) is 22.7 Å². The number of hydrogen-bond donors (Lipinski definition) is 1. The molecule has 0 saturated carbocycles. The predicted molar refractivity (Wildman–Crippen MR) is 109 cm³/mol. The van der Waals surface area contributed by atoms with Crippen LogP contribution in [0.2, 0.25) is 0 Å². The number of hydrogen-bond acceptors (Lipinski definition) is 6. The fourth-order valence-corrected chi connectivity index (χ4v) is 3.58. The standard InChI is InChI=1S/C21H21F4N5O/c1-11(15-5-4-6-17(18(15)22)21(23,24)25)27-20-16-7-13(30-9-14(10-30)31-3)8-26-19(16)28-12(2)29-20/h4-8,11,14H,9-10H2,1-3H3,(H,26,27,28,29)/t11-/m1/s1. The van der Waals surface area contributed by atoms with Crippen LogP contribution >= 0.6 is 0 Å². The van der Waals surface area contributed by atoms with Crippen molar-refractivity contribution in [2.24, 2.45) is 0 Å². The van der Waals surface area contributed by atoms with Gasteiger partial charge in [0.25, 0.3) is 0 Å². The van der Waals surface area contributed by atoms with Gasteiger partial charge >= 0.3 is 6.18 Å². The highest BCUT2D eigenvalue weighted by Gasteiger charge is 2.35. The van der Waals surface area contributed by atoms with Crippen molar-refractivity contribution in [3.63, 3.8) is 0 Å². The first kappa shape index (κ1) is 21.2. The van der Waals surface area contributed by atoms with Gasteiger partial charge in [-0.1, -0.05) is 12.1 Å². The van der Waals surface area contributed by atoms with Gasteiger partial charge in [0.2, 0.25) is 0 Å². The molecule has 3 heterocycles. The van der Waals surface area contributed by atoms with E-state index in [-0.39, 0.29) is 11.7 Å². The summed E-state index contributed by atoms with van der Waals surface area (Å²) in [5, 5.41) is 3.64. The van der Waals surface area contributed by atoms with E-state index < -0.39 is 23.6 Å². The summed E-state index contributed by atoms with van der Waals surface area (Å²) >= 11 is 0. The van der Waals surface area contributed by atoms with E-state index >= 15 is 0 Å². The van der Waals surface area contributed by atoms with Crippen molar-refractivity contribution in [1.29, 1.82) is 0 Å². The fraction of sp³-hybridized carbons (Fsp3) is 0.381. The number of anilines is 2. The SMILES string of the molecule is COC1CN(c2cnc3nc(C)nc(N[C@H](C)c4cccc(C(F)(F)F)c4F)c3c2)C1. The number of fused-ring (bicyclic) bond motifs is 1. The molecule has 2 aromatic heterocycles. The van der Waals surface area contributed by atoms with Gasteiger partial charge in [-0.25, -0.2) is 19.3 Å². The lowest BCUT2D eigenvalue weighted by atomic mass is 10.0. The van der Waals surface area contributed by atoms with E-state index in [1.807, 2.05) is 6.07 Å². The molecule has 31 heavy (non-hydrogen) atoms. The summed E-state index contributed by atoms with van der Waals surface area (Å²) in [6.45, 7) is 4.72. The van der Waals surface area contributed by atoms with Gasteiger partial charge in [-0.3, -0.25) is 0 Å².